The van der Waals surface area contributed by atoms with Crippen molar-refractivity contribution in [1.29, 1.82) is 0 Å². The number of carbonyl (C=O) groups excluding carboxylic acids is 1. The predicted molar refractivity (Wildman–Crippen MR) is 88.6 cm³/mol. The van der Waals surface area contributed by atoms with Crippen LogP contribution in [0.1, 0.15) is 24.6 Å². The molecule has 0 aliphatic carbocycles. The topological polar surface area (TPSA) is 84.5 Å². The largest absolute Gasteiger partial charge is 0.369 e. The second-order valence-electron chi connectivity index (χ2n) is 6.03. The Morgan fingerprint density at radius 3 is 2.78 bits per heavy atom. The van der Waals surface area contributed by atoms with Crippen LogP contribution < -0.4 is 5.73 Å². The summed E-state index contributed by atoms with van der Waals surface area (Å²) in [5.74, 6) is 0.120. The Labute approximate surface area is 135 Å². The summed E-state index contributed by atoms with van der Waals surface area (Å²) in [6.45, 7) is 3.89. The lowest BCUT2D eigenvalue weighted by Gasteiger charge is -2.32. The number of benzene rings is 1. The highest BCUT2D eigenvalue weighted by Crippen LogP contribution is 2.32. The minimum atomic E-state index is -0.791. The smallest absolute Gasteiger partial charge is 0.231 e. The normalized spacial score (nSPS) is 21.3. The van der Waals surface area contributed by atoms with Gasteiger partial charge < -0.3 is 5.73 Å². The summed E-state index contributed by atoms with van der Waals surface area (Å²) in [5, 5.41) is 0. The van der Waals surface area contributed by atoms with Gasteiger partial charge in [-0.1, -0.05) is 23.8 Å². The van der Waals surface area contributed by atoms with Crippen LogP contribution in [0.5, 0.6) is 0 Å². The minimum Gasteiger partial charge on any atom is -0.369 e. The van der Waals surface area contributed by atoms with Gasteiger partial charge in [-0.25, -0.2) is 9.98 Å². The molecule has 2 heterocycles. The van der Waals surface area contributed by atoms with E-state index in [-0.39, 0.29) is 18.3 Å². The number of hydrogen-bond acceptors (Lipinski definition) is 5. The Morgan fingerprint density at radius 2 is 2.09 bits per heavy atom. The molecule has 0 saturated carbocycles. The van der Waals surface area contributed by atoms with E-state index in [0.717, 1.165) is 16.8 Å². The summed E-state index contributed by atoms with van der Waals surface area (Å²) in [4.78, 5) is 26.9. The van der Waals surface area contributed by atoms with Gasteiger partial charge in [-0.05, 0) is 19.9 Å². The number of guanidine groups is 1. The van der Waals surface area contributed by atoms with E-state index in [0.29, 0.717) is 5.69 Å². The van der Waals surface area contributed by atoms with Crippen LogP contribution in [0.3, 0.4) is 0 Å². The summed E-state index contributed by atoms with van der Waals surface area (Å²) >= 11 is 0. The van der Waals surface area contributed by atoms with Crippen LogP contribution in [-0.4, -0.2) is 33.8 Å². The van der Waals surface area contributed by atoms with Gasteiger partial charge in [-0.2, -0.15) is 0 Å². The Balaban J connectivity index is 2.05. The number of amides is 1. The van der Waals surface area contributed by atoms with Crippen LogP contribution in [0.25, 0.3) is 11.3 Å². The average Bonchev–Trinajstić information content (AvgIpc) is 2.53. The maximum Gasteiger partial charge on any atom is 0.231 e. The van der Waals surface area contributed by atoms with Gasteiger partial charge in [0.2, 0.25) is 5.91 Å². The second kappa shape index (κ2) is 5.46. The van der Waals surface area contributed by atoms with Crippen LogP contribution in [0.4, 0.5) is 0 Å². The van der Waals surface area contributed by atoms with E-state index in [9.17, 15) is 4.79 Å². The maximum absolute atomic E-state index is 12.1. The third kappa shape index (κ3) is 2.79. The molecule has 0 unspecified atom stereocenters. The molecular weight excluding hydrogens is 290 g/mol. The molecule has 3 rings (SSSR count). The molecule has 1 atom stereocenters. The fourth-order valence-electron chi connectivity index (χ4n) is 2.62. The zero-order valence-electron chi connectivity index (χ0n) is 13.4. The fraction of sp³-hybridized carbons (Fsp3) is 0.294. The van der Waals surface area contributed by atoms with Crippen LogP contribution >= 0.6 is 0 Å². The lowest BCUT2D eigenvalue weighted by Crippen LogP contribution is -2.47. The molecule has 6 heteroatoms. The van der Waals surface area contributed by atoms with E-state index in [4.69, 9.17) is 5.73 Å². The molecule has 1 aliphatic heterocycles. The van der Waals surface area contributed by atoms with Gasteiger partial charge in [-0.15, -0.1) is 0 Å². The molecule has 1 amide bonds. The van der Waals surface area contributed by atoms with Gasteiger partial charge in [0, 0.05) is 12.6 Å². The van der Waals surface area contributed by atoms with E-state index in [1.165, 1.54) is 4.90 Å². The lowest BCUT2D eigenvalue weighted by atomic mass is 9.92. The van der Waals surface area contributed by atoms with E-state index < -0.39 is 5.54 Å². The molecule has 0 spiro atoms. The van der Waals surface area contributed by atoms with Crippen LogP contribution in [0.2, 0.25) is 0 Å². The zero-order valence-corrected chi connectivity index (χ0v) is 13.4. The molecule has 2 aromatic rings. The van der Waals surface area contributed by atoms with Gasteiger partial charge in [0.05, 0.1) is 30.2 Å². The summed E-state index contributed by atoms with van der Waals surface area (Å²) < 4.78 is 0. The highest BCUT2D eigenvalue weighted by atomic mass is 16.2. The number of hydrogen-bond donors (Lipinski definition) is 1. The average molecular weight is 309 g/mol. The van der Waals surface area contributed by atoms with Crippen molar-refractivity contribution in [3.8, 4) is 11.3 Å². The van der Waals surface area contributed by atoms with Crippen LogP contribution in [-0.2, 0) is 10.3 Å². The number of nitrogens with zero attached hydrogens (tertiary/aromatic N) is 4. The molecule has 0 saturated heterocycles. The number of rotatable bonds is 2. The third-order valence-electron chi connectivity index (χ3n) is 4.07. The Hall–Kier alpha value is -2.76. The molecule has 0 radical (unpaired) electrons. The van der Waals surface area contributed by atoms with Gasteiger partial charge in [0.15, 0.2) is 5.96 Å². The van der Waals surface area contributed by atoms with Crippen molar-refractivity contribution in [2.45, 2.75) is 25.8 Å². The highest BCUT2D eigenvalue weighted by molar-refractivity contribution is 5.98. The van der Waals surface area contributed by atoms with Gasteiger partial charge in [-0.3, -0.25) is 14.7 Å². The van der Waals surface area contributed by atoms with Gasteiger partial charge in [0.25, 0.3) is 0 Å². The SMILES string of the molecule is Cc1cccc(-c2cncc([C@]3(C)CC(=O)N(C)C(N)=N3)n2)c1. The molecule has 0 fully saturated rings. The molecular formula is C17H19N5O. The van der Waals surface area contributed by atoms with E-state index in [1.54, 1.807) is 19.4 Å². The Morgan fingerprint density at radius 1 is 1.30 bits per heavy atom. The quantitative estimate of drug-likeness (QED) is 0.917. The maximum atomic E-state index is 12.1. The zero-order chi connectivity index (χ0) is 16.6. The first kappa shape index (κ1) is 15.1. The number of aryl methyl sites for hydroxylation is 1. The molecule has 23 heavy (non-hydrogen) atoms. The first-order chi connectivity index (χ1) is 10.9. The summed E-state index contributed by atoms with van der Waals surface area (Å²) in [7, 11) is 1.62. The molecule has 1 aromatic carbocycles. The Kier molecular flexibility index (Phi) is 3.60. The molecule has 6 nitrogen and oxygen atoms in total. The number of aliphatic imine (C=N–C) groups is 1. The summed E-state index contributed by atoms with van der Waals surface area (Å²) in [6, 6.07) is 8.05. The first-order valence-electron chi connectivity index (χ1n) is 7.40. The van der Waals surface area contributed by atoms with E-state index in [2.05, 4.69) is 15.0 Å². The van der Waals surface area contributed by atoms with Gasteiger partial charge in [0.1, 0.15) is 5.54 Å². The predicted octanol–water partition coefficient (Wildman–Crippen LogP) is 1.84. The van der Waals surface area contributed by atoms with E-state index >= 15 is 0 Å². The lowest BCUT2D eigenvalue weighted by molar-refractivity contribution is -0.128. The van der Waals surface area contributed by atoms with Crippen molar-refractivity contribution in [2.24, 2.45) is 10.7 Å². The molecule has 1 aliphatic rings. The van der Waals surface area contributed by atoms with E-state index in [1.807, 2.05) is 38.1 Å². The third-order valence-corrected chi connectivity index (χ3v) is 4.07. The summed E-state index contributed by atoms with van der Waals surface area (Å²) in [6.07, 6.45) is 3.58. The van der Waals surface area contributed by atoms with Crippen molar-refractivity contribution in [2.75, 3.05) is 7.05 Å². The van der Waals surface area contributed by atoms with Crippen molar-refractivity contribution >= 4 is 11.9 Å². The Bertz CT molecular complexity index is 801. The molecule has 118 valence electrons. The first-order valence-corrected chi connectivity index (χ1v) is 7.40. The number of nitrogens with two attached hydrogens (primary N) is 1. The summed E-state index contributed by atoms with van der Waals surface area (Å²) in [5.41, 5.74) is 8.60. The van der Waals surface area contributed by atoms with Crippen molar-refractivity contribution in [3.63, 3.8) is 0 Å². The van der Waals surface area contributed by atoms with Crippen LogP contribution in [0.15, 0.2) is 41.7 Å². The van der Waals surface area contributed by atoms with Crippen molar-refractivity contribution < 1.29 is 4.79 Å². The van der Waals surface area contributed by atoms with Crippen molar-refractivity contribution in [1.82, 2.24) is 14.9 Å². The second-order valence-corrected chi connectivity index (χ2v) is 6.03. The van der Waals surface area contributed by atoms with Gasteiger partial charge >= 0.3 is 0 Å². The monoisotopic (exact) mass is 309 g/mol. The standard InChI is InChI=1S/C17H19N5O/c1-11-5-4-6-12(7-11)13-9-19-10-14(20-13)17(2)8-15(23)22(3)16(18)21-17/h4-7,9-10H,8H2,1-3H3,(H2,18,21)/t17-/m0/s1. The molecule has 0 bridgehead atoms. The highest BCUT2D eigenvalue weighted by Gasteiger charge is 2.37. The number of carbonyl (C=O) groups is 1. The van der Waals surface area contributed by atoms with Crippen molar-refractivity contribution in [3.05, 3.63) is 47.9 Å². The molecule has 1 aromatic heterocycles. The van der Waals surface area contributed by atoms with Crippen LogP contribution in [0, 0.1) is 6.92 Å². The molecule has 2 N–H and O–H groups in total. The fourth-order valence-corrected chi connectivity index (χ4v) is 2.62. The number of aromatic nitrogens is 2. The minimum absolute atomic E-state index is 0.0808.